The monoisotopic (exact) mass is 252 g/mol. The highest BCUT2D eigenvalue weighted by Gasteiger charge is 2.12. The molecule has 2 aromatic rings. The van der Waals surface area contributed by atoms with Crippen molar-refractivity contribution in [2.45, 2.75) is 5.75 Å². The van der Waals surface area contributed by atoms with Crippen LogP contribution in [-0.4, -0.2) is 18.4 Å². The second kappa shape index (κ2) is 4.46. The Bertz CT molecular complexity index is 593. The summed E-state index contributed by atoms with van der Waals surface area (Å²) in [6.07, 6.45) is 3.01. The van der Waals surface area contributed by atoms with E-state index in [1.54, 1.807) is 30.5 Å². The van der Waals surface area contributed by atoms with Crippen LogP contribution in [-0.2, 0) is 15.8 Å². The Morgan fingerprint density at radius 2 is 2.24 bits per heavy atom. The van der Waals surface area contributed by atoms with Crippen molar-refractivity contribution >= 4 is 21.7 Å². The Labute approximate surface area is 98.9 Å². The lowest BCUT2D eigenvalue weighted by atomic mass is 10.2. The van der Waals surface area contributed by atoms with E-state index in [-0.39, 0.29) is 11.7 Å². The molecule has 0 aliphatic heterocycles. The zero-order valence-corrected chi connectivity index (χ0v) is 9.74. The standard InChI is InChI=1S/C10H12N4O2S/c11-9-3-1-2-8(6-9)7-17(15,16)14-10-12-4-5-13-10/h1-6H,7,11H2,(H2,12,13,14). The molecule has 0 bridgehead atoms. The van der Waals surface area contributed by atoms with E-state index in [0.717, 1.165) is 0 Å². The molecular formula is C10H12N4O2S. The number of nitrogens with one attached hydrogen (secondary N) is 2. The second-order valence-electron chi connectivity index (χ2n) is 3.54. The van der Waals surface area contributed by atoms with Crippen molar-refractivity contribution < 1.29 is 8.42 Å². The van der Waals surface area contributed by atoms with Gasteiger partial charge in [-0.25, -0.2) is 13.4 Å². The highest BCUT2D eigenvalue weighted by atomic mass is 32.2. The van der Waals surface area contributed by atoms with Gasteiger partial charge in [-0.3, -0.25) is 4.72 Å². The second-order valence-corrected chi connectivity index (χ2v) is 5.27. The quantitative estimate of drug-likeness (QED) is 0.705. The molecule has 90 valence electrons. The predicted octanol–water partition coefficient (Wildman–Crippen LogP) is 0.934. The third kappa shape index (κ3) is 3.22. The molecule has 0 saturated heterocycles. The van der Waals surface area contributed by atoms with Crippen molar-refractivity contribution in [1.29, 1.82) is 0 Å². The zero-order chi connectivity index (χ0) is 12.3. The third-order valence-electron chi connectivity index (χ3n) is 2.06. The average molecular weight is 252 g/mol. The summed E-state index contributed by atoms with van der Waals surface area (Å²) in [5.74, 6) is 0.0625. The number of nitrogens with zero attached hydrogens (tertiary/aromatic N) is 1. The fourth-order valence-electron chi connectivity index (χ4n) is 1.41. The first-order chi connectivity index (χ1) is 8.05. The highest BCUT2D eigenvalue weighted by Crippen LogP contribution is 2.11. The maximum absolute atomic E-state index is 11.8. The Kier molecular flexibility index (Phi) is 3.01. The van der Waals surface area contributed by atoms with Crippen molar-refractivity contribution in [3.05, 3.63) is 42.2 Å². The van der Waals surface area contributed by atoms with Crippen LogP contribution in [0.4, 0.5) is 11.6 Å². The molecule has 0 radical (unpaired) electrons. The van der Waals surface area contributed by atoms with Gasteiger partial charge in [0.15, 0.2) is 0 Å². The van der Waals surface area contributed by atoms with E-state index < -0.39 is 10.0 Å². The number of sulfonamides is 1. The van der Waals surface area contributed by atoms with Gasteiger partial charge in [0.05, 0.1) is 5.75 Å². The maximum Gasteiger partial charge on any atom is 0.239 e. The molecule has 6 nitrogen and oxygen atoms in total. The van der Waals surface area contributed by atoms with Crippen molar-refractivity contribution in [3.63, 3.8) is 0 Å². The van der Waals surface area contributed by atoms with Gasteiger partial charge in [-0.1, -0.05) is 12.1 Å². The fraction of sp³-hybridized carbons (Fsp3) is 0.100. The van der Waals surface area contributed by atoms with Crippen LogP contribution in [0, 0.1) is 0 Å². The Morgan fingerprint density at radius 3 is 2.88 bits per heavy atom. The van der Waals surface area contributed by atoms with E-state index in [0.29, 0.717) is 11.3 Å². The molecule has 0 fully saturated rings. The van der Waals surface area contributed by atoms with Gasteiger partial charge in [0.1, 0.15) is 0 Å². The Hall–Kier alpha value is -2.02. The van der Waals surface area contributed by atoms with Crippen LogP contribution in [0.15, 0.2) is 36.7 Å². The number of imidazole rings is 1. The van der Waals surface area contributed by atoms with Crippen LogP contribution in [0.3, 0.4) is 0 Å². The average Bonchev–Trinajstić information content (AvgIpc) is 2.68. The molecule has 0 saturated carbocycles. The fourth-order valence-corrected chi connectivity index (χ4v) is 2.50. The number of hydrogen-bond acceptors (Lipinski definition) is 4. The summed E-state index contributed by atoms with van der Waals surface area (Å²) in [6.45, 7) is 0. The third-order valence-corrected chi connectivity index (χ3v) is 3.28. The van der Waals surface area contributed by atoms with Crippen LogP contribution in [0.1, 0.15) is 5.56 Å². The van der Waals surface area contributed by atoms with Gasteiger partial charge in [-0.2, -0.15) is 0 Å². The first-order valence-electron chi connectivity index (χ1n) is 4.89. The van der Waals surface area contributed by atoms with E-state index >= 15 is 0 Å². The number of hydrogen-bond donors (Lipinski definition) is 3. The smallest absolute Gasteiger partial charge is 0.239 e. The molecule has 1 aromatic carbocycles. The molecule has 2 rings (SSSR count). The van der Waals surface area contributed by atoms with E-state index in [4.69, 9.17) is 5.73 Å². The molecule has 7 heteroatoms. The normalized spacial score (nSPS) is 11.3. The van der Waals surface area contributed by atoms with Crippen molar-refractivity contribution in [2.24, 2.45) is 0 Å². The zero-order valence-electron chi connectivity index (χ0n) is 8.92. The SMILES string of the molecule is Nc1cccc(CS(=O)(=O)Nc2ncc[nH]2)c1. The minimum absolute atomic E-state index is 0.140. The molecule has 0 atom stereocenters. The minimum Gasteiger partial charge on any atom is -0.399 e. The van der Waals surface area contributed by atoms with Crippen molar-refractivity contribution in [1.82, 2.24) is 9.97 Å². The lowest BCUT2D eigenvalue weighted by molar-refractivity contribution is 0.600. The molecular weight excluding hydrogens is 240 g/mol. The molecule has 0 aliphatic carbocycles. The summed E-state index contributed by atoms with van der Waals surface area (Å²) >= 11 is 0. The van der Waals surface area contributed by atoms with Gasteiger partial charge in [-0.05, 0) is 17.7 Å². The summed E-state index contributed by atoms with van der Waals surface area (Å²) in [5, 5.41) is 0. The van der Waals surface area contributed by atoms with Gasteiger partial charge in [0, 0.05) is 18.1 Å². The van der Waals surface area contributed by atoms with Crippen LogP contribution >= 0.6 is 0 Å². The summed E-state index contributed by atoms with van der Waals surface area (Å²) in [6, 6.07) is 6.75. The number of nitrogens with two attached hydrogens (primary N) is 1. The molecule has 1 aromatic heterocycles. The molecule has 0 aliphatic rings. The van der Waals surface area contributed by atoms with Crippen LogP contribution < -0.4 is 10.5 Å². The highest BCUT2D eigenvalue weighted by molar-refractivity contribution is 7.91. The van der Waals surface area contributed by atoms with E-state index in [1.165, 1.54) is 6.20 Å². The van der Waals surface area contributed by atoms with Gasteiger partial charge in [-0.15, -0.1) is 0 Å². The predicted molar refractivity (Wildman–Crippen MR) is 65.7 cm³/mol. The van der Waals surface area contributed by atoms with Crippen molar-refractivity contribution in [2.75, 3.05) is 10.5 Å². The lowest BCUT2D eigenvalue weighted by Crippen LogP contribution is -2.16. The molecule has 0 spiro atoms. The lowest BCUT2D eigenvalue weighted by Gasteiger charge is -2.05. The summed E-state index contributed by atoms with van der Waals surface area (Å²) < 4.78 is 25.9. The topological polar surface area (TPSA) is 101 Å². The number of anilines is 2. The van der Waals surface area contributed by atoms with Crippen LogP contribution in [0.5, 0.6) is 0 Å². The largest absolute Gasteiger partial charge is 0.399 e. The van der Waals surface area contributed by atoms with Crippen molar-refractivity contribution in [3.8, 4) is 0 Å². The Morgan fingerprint density at radius 1 is 1.41 bits per heavy atom. The maximum atomic E-state index is 11.8. The first kappa shape index (κ1) is 11.5. The number of aromatic nitrogens is 2. The summed E-state index contributed by atoms with van der Waals surface area (Å²) in [4.78, 5) is 6.45. The summed E-state index contributed by atoms with van der Waals surface area (Å²) in [7, 11) is -3.47. The Balaban J connectivity index is 2.12. The number of benzene rings is 1. The number of rotatable bonds is 4. The van der Waals surface area contributed by atoms with Gasteiger partial charge >= 0.3 is 0 Å². The number of aromatic amines is 1. The molecule has 17 heavy (non-hydrogen) atoms. The molecule has 1 heterocycles. The number of H-pyrrole nitrogens is 1. The van der Waals surface area contributed by atoms with E-state index in [9.17, 15) is 8.42 Å². The minimum atomic E-state index is -3.47. The van der Waals surface area contributed by atoms with Gasteiger partial charge < -0.3 is 10.7 Å². The molecule has 0 unspecified atom stereocenters. The van der Waals surface area contributed by atoms with Crippen LogP contribution in [0.25, 0.3) is 0 Å². The van der Waals surface area contributed by atoms with Crippen LogP contribution in [0.2, 0.25) is 0 Å². The van der Waals surface area contributed by atoms with E-state index in [2.05, 4.69) is 14.7 Å². The first-order valence-corrected chi connectivity index (χ1v) is 6.55. The molecule has 0 amide bonds. The summed E-state index contributed by atoms with van der Waals surface area (Å²) in [5.41, 5.74) is 6.75. The number of nitrogen functional groups attached to an aromatic ring is 1. The van der Waals surface area contributed by atoms with Gasteiger partial charge in [0.2, 0.25) is 16.0 Å². The van der Waals surface area contributed by atoms with E-state index in [1.807, 2.05) is 0 Å². The van der Waals surface area contributed by atoms with Gasteiger partial charge in [0.25, 0.3) is 0 Å². The molecule has 4 N–H and O–H groups in total.